The highest BCUT2D eigenvalue weighted by atomic mass is 32.2. The van der Waals surface area contributed by atoms with Gasteiger partial charge in [-0.2, -0.15) is 0 Å². The molecule has 1 aromatic heterocycles. The molecule has 1 amide bonds. The Morgan fingerprint density at radius 2 is 2.33 bits per heavy atom. The summed E-state index contributed by atoms with van der Waals surface area (Å²) in [6.07, 6.45) is 2.88. The first-order valence-electron chi connectivity index (χ1n) is 5.29. The molecule has 1 rings (SSSR count). The van der Waals surface area contributed by atoms with Crippen molar-refractivity contribution in [1.82, 2.24) is 10.3 Å². The molecule has 0 aliphatic heterocycles. The molecule has 6 heteroatoms. The number of pyridine rings is 1. The van der Waals surface area contributed by atoms with Crippen LogP contribution >= 0.6 is 11.8 Å². The van der Waals surface area contributed by atoms with Crippen molar-refractivity contribution < 1.29 is 14.7 Å². The summed E-state index contributed by atoms with van der Waals surface area (Å²) in [7, 11) is 0. The number of nitrogens with one attached hydrogen (secondary N) is 1. The predicted molar refractivity (Wildman–Crippen MR) is 69.7 cm³/mol. The molecule has 18 heavy (non-hydrogen) atoms. The van der Waals surface area contributed by atoms with E-state index < -0.39 is 5.97 Å². The van der Waals surface area contributed by atoms with Crippen LogP contribution in [0, 0.1) is 0 Å². The van der Waals surface area contributed by atoms with Gasteiger partial charge in [0.05, 0.1) is 15.8 Å². The fourth-order valence-electron chi connectivity index (χ4n) is 1.13. The van der Waals surface area contributed by atoms with Gasteiger partial charge in [-0.25, -0.2) is 9.78 Å². The number of hydrogen-bond acceptors (Lipinski definition) is 4. The van der Waals surface area contributed by atoms with Gasteiger partial charge in [0.15, 0.2) is 0 Å². The van der Waals surface area contributed by atoms with Crippen LogP contribution in [0.2, 0.25) is 0 Å². The van der Waals surface area contributed by atoms with Crippen molar-refractivity contribution in [1.29, 1.82) is 0 Å². The van der Waals surface area contributed by atoms with Gasteiger partial charge >= 0.3 is 5.97 Å². The van der Waals surface area contributed by atoms with Crippen LogP contribution in [0.1, 0.15) is 17.3 Å². The number of carboxylic acids is 1. The predicted octanol–water partition coefficient (Wildman–Crippen LogP) is 1.56. The normalized spacial score (nSPS) is 11.6. The Bertz CT molecular complexity index is 445. The molecule has 0 radical (unpaired) electrons. The van der Waals surface area contributed by atoms with Gasteiger partial charge in [-0.3, -0.25) is 4.79 Å². The van der Waals surface area contributed by atoms with Crippen LogP contribution in [-0.2, 0) is 4.79 Å². The monoisotopic (exact) mass is 266 g/mol. The molecule has 96 valence electrons. The Labute approximate surface area is 109 Å². The maximum absolute atomic E-state index is 11.6. The molecule has 0 aromatic carbocycles. The largest absolute Gasteiger partial charge is 0.478 e. The van der Waals surface area contributed by atoms with Gasteiger partial charge in [-0.1, -0.05) is 17.8 Å². The first-order valence-corrected chi connectivity index (χ1v) is 6.17. The molecule has 0 fully saturated rings. The summed E-state index contributed by atoms with van der Waals surface area (Å²) in [5, 5.41) is 11.7. The lowest BCUT2D eigenvalue weighted by atomic mass is 10.3. The molecule has 2 N–H and O–H groups in total. The lowest BCUT2D eigenvalue weighted by Gasteiger charge is -2.10. The Hall–Kier alpha value is -1.82. The van der Waals surface area contributed by atoms with Crippen molar-refractivity contribution >= 4 is 23.6 Å². The highest BCUT2D eigenvalue weighted by Gasteiger charge is 2.14. The molecular weight excluding hydrogens is 252 g/mol. The summed E-state index contributed by atoms with van der Waals surface area (Å²) in [4.78, 5) is 26.2. The third-order valence-electron chi connectivity index (χ3n) is 2.07. The number of carboxylic acid groups (broad SMARTS) is 1. The molecular formula is C12H14N2O3S. The summed E-state index contributed by atoms with van der Waals surface area (Å²) in [6, 6.07) is 3.05. The van der Waals surface area contributed by atoms with E-state index in [-0.39, 0.29) is 16.7 Å². The van der Waals surface area contributed by atoms with Crippen molar-refractivity contribution in [2.45, 2.75) is 17.2 Å². The number of carbonyl (C=O) groups excluding carboxylic acids is 1. The van der Waals surface area contributed by atoms with E-state index in [0.29, 0.717) is 11.6 Å². The van der Waals surface area contributed by atoms with Crippen LogP contribution in [0.15, 0.2) is 36.0 Å². The quantitative estimate of drug-likeness (QED) is 0.603. The van der Waals surface area contributed by atoms with E-state index in [1.54, 1.807) is 19.1 Å². The molecule has 0 saturated carbocycles. The molecule has 0 aliphatic rings. The summed E-state index contributed by atoms with van der Waals surface area (Å²) < 4.78 is 0. The third kappa shape index (κ3) is 4.21. The molecule has 0 saturated heterocycles. The van der Waals surface area contributed by atoms with Gasteiger partial charge in [0.1, 0.15) is 0 Å². The minimum Gasteiger partial charge on any atom is -0.478 e. The van der Waals surface area contributed by atoms with Crippen molar-refractivity contribution in [3.8, 4) is 0 Å². The van der Waals surface area contributed by atoms with E-state index in [4.69, 9.17) is 5.11 Å². The smallest absolute Gasteiger partial charge is 0.337 e. The molecule has 0 spiro atoms. The second kappa shape index (κ2) is 6.80. The molecule has 0 bridgehead atoms. The van der Waals surface area contributed by atoms with Crippen LogP contribution in [0.3, 0.4) is 0 Å². The molecule has 1 atom stereocenters. The summed E-state index contributed by atoms with van der Waals surface area (Å²) >= 11 is 1.27. The Morgan fingerprint density at radius 1 is 1.61 bits per heavy atom. The van der Waals surface area contributed by atoms with Crippen LogP contribution in [-0.4, -0.2) is 33.8 Å². The van der Waals surface area contributed by atoms with E-state index in [9.17, 15) is 9.59 Å². The number of aromatic carboxylic acids is 1. The summed E-state index contributed by atoms with van der Waals surface area (Å²) in [5.41, 5.74) is 0.128. The number of rotatable bonds is 6. The van der Waals surface area contributed by atoms with E-state index >= 15 is 0 Å². The number of amides is 1. The van der Waals surface area contributed by atoms with Gasteiger partial charge in [-0.05, 0) is 19.1 Å². The zero-order chi connectivity index (χ0) is 13.5. The Morgan fingerprint density at radius 3 is 2.83 bits per heavy atom. The first-order chi connectivity index (χ1) is 8.54. The average Bonchev–Trinajstić information content (AvgIpc) is 2.36. The van der Waals surface area contributed by atoms with Crippen LogP contribution in [0.25, 0.3) is 0 Å². The lowest BCUT2D eigenvalue weighted by molar-refractivity contribution is -0.120. The Balaban J connectivity index is 2.58. The molecule has 0 aliphatic carbocycles. The maximum Gasteiger partial charge on any atom is 0.337 e. The van der Waals surface area contributed by atoms with Crippen LogP contribution in [0.5, 0.6) is 0 Å². The number of carbonyl (C=O) groups is 2. The minimum atomic E-state index is -1.02. The van der Waals surface area contributed by atoms with Crippen LogP contribution in [0.4, 0.5) is 0 Å². The van der Waals surface area contributed by atoms with Gasteiger partial charge < -0.3 is 10.4 Å². The fourth-order valence-corrected chi connectivity index (χ4v) is 1.94. The fraction of sp³-hybridized carbons (Fsp3) is 0.250. The Kier molecular flexibility index (Phi) is 5.38. The standard InChI is InChI=1S/C12H14N2O3S/c1-3-6-13-11(15)8(2)18-10-5-4-9(7-14-10)12(16)17/h3-5,7-8H,1,6H2,2H3,(H,13,15)(H,16,17). The topological polar surface area (TPSA) is 79.3 Å². The van der Waals surface area contributed by atoms with Crippen LogP contribution < -0.4 is 5.32 Å². The highest BCUT2D eigenvalue weighted by Crippen LogP contribution is 2.21. The van der Waals surface area contributed by atoms with Crippen molar-refractivity contribution in [3.05, 3.63) is 36.5 Å². The van der Waals surface area contributed by atoms with E-state index in [0.717, 1.165) is 0 Å². The SMILES string of the molecule is C=CCNC(=O)C(C)Sc1ccc(C(=O)O)cn1. The second-order valence-corrected chi connectivity index (χ2v) is 4.85. The maximum atomic E-state index is 11.6. The van der Waals surface area contributed by atoms with Gasteiger partial charge in [0.25, 0.3) is 0 Å². The summed E-state index contributed by atoms with van der Waals surface area (Å²) in [6.45, 7) is 5.70. The number of nitrogens with zero attached hydrogens (tertiary/aromatic N) is 1. The summed E-state index contributed by atoms with van der Waals surface area (Å²) in [5.74, 6) is -1.13. The van der Waals surface area contributed by atoms with Crippen molar-refractivity contribution in [2.24, 2.45) is 0 Å². The van der Waals surface area contributed by atoms with Gasteiger partial charge in [-0.15, -0.1) is 6.58 Å². The number of thioether (sulfide) groups is 1. The van der Waals surface area contributed by atoms with E-state index in [1.807, 2.05) is 0 Å². The zero-order valence-electron chi connectivity index (χ0n) is 9.92. The zero-order valence-corrected chi connectivity index (χ0v) is 10.7. The van der Waals surface area contributed by atoms with Crippen molar-refractivity contribution in [3.63, 3.8) is 0 Å². The number of aromatic nitrogens is 1. The van der Waals surface area contributed by atoms with Crippen molar-refractivity contribution in [2.75, 3.05) is 6.54 Å². The average molecular weight is 266 g/mol. The molecule has 1 unspecified atom stereocenters. The first kappa shape index (κ1) is 14.2. The second-order valence-electron chi connectivity index (χ2n) is 3.48. The van der Waals surface area contributed by atoms with E-state index in [1.165, 1.54) is 24.0 Å². The lowest BCUT2D eigenvalue weighted by Crippen LogP contribution is -2.30. The third-order valence-corrected chi connectivity index (χ3v) is 3.12. The molecule has 1 heterocycles. The van der Waals surface area contributed by atoms with Gasteiger partial charge in [0.2, 0.25) is 5.91 Å². The number of hydrogen-bond donors (Lipinski definition) is 2. The minimum absolute atomic E-state index is 0.107. The molecule has 5 nitrogen and oxygen atoms in total. The van der Waals surface area contributed by atoms with E-state index in [2.05, 4.69) is 16.9 Å². The highest BCUT2D eigenvalue weighted by molar-refractivity contribution is 8.00. The van der Waals surface area contributed by atoms with Gasteiger partial charge in [0, 0.05) is 12.7 Å². The molecule has 1 aromatic rings.